The minimum atomic E-state index is -0.337. The zero-order valence-corrected chi connectivity index (χ0v) is 12.5. The summed E-state index contributed by atoms with van der Waals surface area (Å²) < 4.78 is 11.4. The molecule has 2 amide bonds. The van der Waals surface area contributed by atoms with Crippen molar-refractivity contribution >= 4 is 23.3 Å². The van der Waals surface area contributed by atoms with Crippen molar-refractivity contribution in [1.82, 2.24) is 5.32 Å². The highest BCUT2D eigenvalue weighted by atomic mass is 35.5. The fourth-order valence-corrected chi connectivity index (χ4v) is 2.28. The largest absolute Gasteiger partial charge is 0.486 e. The monoisotopic (exact) mass is 318 g/mol. The summed E-state index contributed by atoms with van der Waals surface area (Å²) in [6, 6.07) is 14.2. The number of nitrogens with one attached hydrogen (secondary N) is 2. The number of hydrogen-bond donors (Lipinski definition) is 2. The zero-order chi connectivity index (χ0) is 15.4. The Labute approximate surface area is 133 Å². The van der Waals surface area contributed by atoms with Crippen LogP contribution >= 0.6 is 11.6 Å². The Balaban J connectivity index is 1.51. The SMILES string of the molecule is O=C(NC[C@H]1COc2ccccc2O1)Nc1ccccc1Cl. The maximum atomic E-state index is 11.9. The van der Waals surface area contributed by atoms with E-state index in [0.29, 0.717) is 29.6 Å². The number of amides is 2. The van der Waals surface area contributed by atoms with Crippen molar-refractivity contribution < 1.29 is 14.3 Å². The first-order valence-electron chi connectivity index (χ1n) is 6.90. The highest BCUT2D eigenvalue weighted by Crippen LogP contribution is 2.30. The van der Waals surface area contributed by atoms with Crippen LogP contribution in [0.3, 0.4) is 0 Å². The number of fused-ring (bicyclic) bond motifs is 1. The number of rotatable bonds is 3. The molecule has 1 atom stereocenters. The molecule has 6 heteroatoms. The average molecular weight is 319 g/mol. The first kappa shape index (κ1) is 14.5. The quantitative estimate of drug-likeness (QED) is 0.913. The maximum Gasteiger partial charge on any atom is 0.319 e. The summed E-state index contributed by atoms with van der Waals surface area (Å²) in [6.45, 7) is 0.730. The Hall–Kier alpha value is -2.40. The molecule has 22 heavy (non-hydrogen) atoms. The van der Waals surface area contributed by atoms with Gasteiger partial charge in [0.1, 0.15) is 6.61 Å². The third-order valence-corrected chi connectivity index (χ3v) is 3.51. The van der Waals surface area contributed by atoms with E-state index in [-0.39, 0.29) is 12.1 Å². The molecule has 0 spiro atoms. The van der Waals surface area contributed by atoms with Crippen LogP contribution in [0, 0.1) is 0 Å². The van der Waals surface area contributed by atoms with Gasteiger partial charge in [0.2, 0.25) is 0 Å². The summed E-state index contributed by atoms with van der Waals surface area (Å²) in [6.07, 6.45) is -0.230. The van der Waals surface area contributed by atoms with Gasteiger partial charge in [0.25, 0.3) is 0 Å². The zero-order valence-electron chi connectivity index (χ0n) is 11.7. The summed E-state index contributed by atoms with van der Waals surface area (Å²) >= 11 is 5.99. The molecule has 0 fully saturated rings. The first-order valence-corrected chi connectivity index (χ1v) is 7.28. The van der Waals surface area contributed by atoms with Gasteiger partial charge in [-0.3, -0.25) is 0 Å². The van der Waals surface area contributed by atoms with Crippen molar-refractivity contribution in [3.8, 4) is 11.5 Å². The van der Waals surface area contributed by atoms with Crippen LogP contribution in [0.1, 0.15) is 0 Å². The minimum absolute atomic E-state index is 0.230. The molecule has 1 aliphatic heterocycles. The van der Waals surface area contributed by atoms with Gasteiger partial charge in [-0.15, -0.1) is 0 Å². The number of carbonyl (C=O) groups is 1. The van der Waals surface area contributed by atoms with E-state index >= 15 is 0 Å². The summed E-state index contributed by atoms with van der Waals surface area (Å²) in [5.74, 6) is 1.41. The van der Waals surface area contributed by atoms with Gasteiger partial charge in [0.05, 0.1) is 17.3 Å². The van der Waals surface area contributed by atoms with Gasteiger partial charge in [-0.2, -0.15) is 0 Å². The molecule has 0 bridgehead atoms. The van der Waals surface area contributed by atoms with Gasteiger partial charge in [0, 0.05) is 0 Å². The molecule has 2 N–H and O–H groups in total. The molecular weight excluding hydrogens is 304 g/mol. The van der Waals surface area contributed by atoms with E-state index in [1.54, 1.807) is 24.3 Å². The number of ether oxygens (including phenoxy) is 2. The van der Waals surface area contributed by atoms with Crippen molar-refractivity contribution in [2.24, 2.45) is 0 Å². The Morgan fingerprint density at radius 3 is 2.68 bits per heavy atom. The van der Waals surface area contributed by atoms with Crippen molar-refractivity contribution in [1.29, 1.82) is 0 Å². The van der Waals surface area contributed by atoms with E-state index in [2.05, 4.69) is 10.6 Å². The molecule has 0 aliphatic carbocycles. The second-order valence-electron chi connectivity index (χ2n) is 4.81. The van der Waals surface area contributed by atoms with E-state index in [9.17, 15) is 4.79 Å². The number of urea groups is 1. The predicted molar refractivity (Wildman–Crippen MR) is 84.8 cm³/mol. The van der Waals surface area contributed by atoms with Crippen molar-refractivity contribution in [3.05, 3.63) is 53.6 Å². The third-order valence-electron chi connectivity index (χ3n) is 3.18. The van der Waals surface area contributed by atoms with E-state index in [1.807, 2.05) is 24.3 Å². The van der Waals surface area contributed by atoms with Crippen molar-refractivity contribution in [2.45, 2.75) is 6.10 Å². The Kier molecular flexibility index (Phi) is 4.34. The molecule has 114 valence electrons. The van der Waals surface area contributed by atoms with Crippen molar-refractivity contribution in [3.63, 3.8) is 0 Å². The average Bonchev–Trinajstić information content (AvgIpc) is 2.55. The van der Waals surface area contributed by atoms with Gasteiger partial charge in [-0.1, -0.05) is 35.9 Å². The Morgan fingerprint density at radius 1 is 1.14 bits per heavy atom. The number of carbonyl (C=O) groups excluding carboxylic acids is 1. The molecule has 0 saturated heterocycles. The lowest BCUT2D eigenvalue weighted by Crippen LogP contribution is -2.42. The van der Waals surface area contributed by atoms with Gasteiger partial charge >= 0.3 is 6.03 Å². The Morgan fingerprint density at radius 2 is 1.86 bits per heavy atom. The molecule has 2 aromatic rings. The van der Waals surface area contributed by atoms with Crippen LogP contribution in [0.25, 0.3) is 0 Å². The summed E-state index contributed by atoms with van der Waals surface area (Å²) in [7, 11) is 0. The van der Waals surface area contributed by atoms with E-state index in [0.717, 1.165) is 5.75 Å². The molecule has 2 aromatic carbocycles. The van der Waals surface area contributed by atoms with Gasteiger partial charge < -0.3 is 20.1 Å². The summed E-state index contributed by atoms with van der Waals surface area (Å²) in [4.78, 5) is 11.9. The number of hydrogen-bond acceptors (Lipinski definition) is 3. The highest BCUT2D eigenvalue weighted by molar-refractivity contribution is 6.33. The number of anilines is 1. The van der Waals surface area contributed by atoms with Crippen LogP contribution < -0.4 is 20.1 Å². The van der Waals surface area contributed by atoms with Crippen LogP contribution in [0.15, 0.2) is 48.5 Å². The lowest BCUT2D eigenvalue weighted by molar-refractivity contribution is 0.0922. The topological polar surface area (TPSA) is 59.6 Å². The lowest BCUT2D eigenvalue weighted by atomic mass is 10.2. The molecular formula is C16H15ClN2O3. The number of benzene rings is 2. The standard InChI is InChI=1S/C16H15ClN2O3/c17-12-5-1-2-6-13(12)19-16(20)18-9-11-10-21-14-7-3-4-8-15(14)22-11/h1-8,11H,9-10H2,(H2,18,19,20)/t11-/m0/s1. The van der Waals surface area contributed by atoms with Crippen LogP contribution in [-0.2, 0) is 0 Å². The van der Waals surface area contributed by atoms with E-state index < -0.39 is 0 Å². The van der Waals surface area contributed by atoms with Gasteiger partial charge in [-0.25, -0.2) is 4.79 Å². The molecule has 5 nitrogen and oxygen atoms in total. The maximum absolute atomic E-state index is 11.9. The van der Waals surface area contributed by atoms with Crippen LogP contribution in [0.5, 0.6) is 11.5 Å². The second kappa shape index (κ2) is 6.58. The van der Waals surface area contributed by atoms with Crippen LogP contribution in [0.2, 0.25) is 5.02 Å². The van der Waals surface area contributed by atoms with E-state index in [4.69, 9.17) is 21.1 Å². The normalized spacial score (nSPS) is 16.0. The minimum Gasteiger partial charge on any atom is -0.486 e. The molecule has 3 rings (SSSR count). The van der Waals surface area contributed by atoms with Gasteiger partial charge in [-0.05, 0) is 24.3 Å². The number of halogens is 1. The predicted octanol–water partition coefficient (Wildman–Crippen LogP) is 3.30. The molecule has 0 radical (unpaired) electrons. The fraction of sp³-hybridized carbons (Fsp3) is 0.188. The van der Waals surface area contributed by atoms with E-state index in [1.165, 1.54) is 0 Å². The lowest BCUT2D eigenvalue weighted by Gasteiger charge is -2.26. The molecule has 0 saturated carbocycles. The van der Waals surface area contributed by atoms with Crippen molar-refractivity contribution in [2.75, 3.05) is 18.5 Å². The Bertz CT molecular complexity index is 678. The smallest absolute Gasteiger partial charge is 0.319 e. The first-order chi connectivity index (χ1) is 10.7. The van der Waals surface area contributed by atoms with Gasteiger partial charge in [0.15, 0.2) is 17.6 Å². The second-order valence-corrected chi connectivity index (χ2v) is 5.22. The van der Waals surface area contributed by atoms with Crippen LogP contribution in [-0.4, -0.2) is 25.3 Å². The third kappa shape index (κ3) is 3.43. The van der Waals surface area contributed by atoms with Crippen LogP contribution in [0.4, 0.5) is 10.5 Å². The molecule has 0 unspecified atom stereocenters. The molecule has 0 aromatic heterocycles. The number of para-hydroxylation sites is 3. The molecule has 1 aliphatic rings. The highest BCUT2D eigenvalue weighted by Gasteiger charge is 2.21. The fourth-order valence-electron chi connectivity index (χ4n) is 2.10. The summed E-state index contributed by atoms with van der Waals surface area (Å²) in [5, 5.41) is 5.93. The summed E-state index contributed by atoms with van der Waals surface area (Å²) in [5.41, 5.74) is 0.563. The molecule has 1 heterocycles.